The van der Waals surface area contributed by atoms with Gasteiger partial charge in [0.1, 0.15) is 17.5 Å². The van der Waals surface area contributed by atoms with Gasteiger partial charge in [-0.3, -0.25) is 4.79 Å². The summed E-state index contributed by atoms with van der Waals surface area (Å²) >= 11 is 0. The fourth-order valence-electron chi connectivity index (χ4n) is 1.27. The van der Waals surface area contributed by atoms with Crippen molar-refractivity contribution in [3.05, 3.63) is 18.2 Å². The molecule has 0 saturated carbocycles. The van der Waals surface area contributed by atoms with Crippen LogP contribution in [0, 0.1) is 0 Å². The molecule has 0 aliphatic rings. The number of ether oxygens (including phenoxy) is 2. The number of methoxy groups -OCH3 is 2. The Kier molecular flexibility index (Phi) is 4.59. The Labute approximate surface area is 99.9 Å². The van der Waals surface area contributed by atoms with Gasteiger partial charge in [0, 0.05) is 12.6 Å². The van der Waals surface area contributed by atoms with E-state index in [4.69, 9.17) is 20.9 Å². The van der Waals surface area contributed by atoms with Crippen molar-refractivity contribution in [3.8, 4) is 11.5 Å². The SMILES string of the molecule is COc1ccc(NCC(N)C(N)=O)c(OC)c1. The first kappa shape index (κ1) is 13.1. The molecule has 0 fully saturated rings. The lowest BCUT2D eigenvalue weighted by Gasteiger charge is -2.14. The molecule has 0 saturated heterocycles. The second-order valence-corrected chi connectivity index (χ2v) is 3.46. The molecule has 5 N–H and O–H groups in total. The maximum Gasteiger partial charge on any atom is 0.236 e. The van der Waals surface area contributed by atoms with Crippen molar-refractivity contribution in [3.63, 3.8) is 0 Å². The quantitative estimate of drug-likeness (QED) is 0.645. The Morgan fingerprint density at radius 3 is 2.65 bits per heavy atom. The van der Waals surface area contributed by atoms with E-state index in [0.29, 0.717) is 11.5 Å². The van der Waals surface area contributed by atoms with E-state index in [-0.39, 0.29) is 6.54 Å². The van der Waals surface area contributed by atoms with Crippen LogP contribution in [0.15, 0.2) is 18.2 Å². The first-order valence-corrected chi connectivity index (χ1v) is 5.09. The Morgan fingerprint density at radius 2 is 2.12 bits per heavy atom. The summed E-state index contributed by atoms with van der Waals surface area (Å²) in [6, 6.07) is 4.56. The van der Waals surface area contributed by atoms with E-state index in [9.17, 15) is 4.79 Å². The minimum Gasteiger partial charge on any atom is -0.497 e. The van der Waals surface area contributed by atoms with Crippen molar-refractivity contribution < 1.29 is 14.3 Å². The molecule has 0 aliphatic carbocycles. The molecule has 6 nitrogen and oxygen atoms in total. The summed E-state index contributed by atoms with van der Waals surface area (Å²) in [4.78, 5) is 10.8. The number of rotatable bonds is 6. The summed E-state index contributed by atoms with van der Waals surface area (Å²) in [5.74, 6) is 0.748. The van der Waals surface area contributed by atoms with Gasteiger partial charge in [0.2, 0.25) is 5.91 Å². The standard InChI is InChI=1S/C11H17N3O3/c1-16-7-3-4-9(10(5-7)17-2)14-6-8(12)11(13)15/h3-5,8,14H,6,12H2,1-2H3,(H2,13,15). The molecule has 1 atom stereocenters. The molecule has 0 bridgehead atoms. The number of hydrogen-bond donors (Lipinski definition) is 3. The van der Waals surface area contributed by atoms with Gasteiger partial charge >= 0.3 is 0 Å². The predicted octanol–water partition coefficient (Wildman–Crippen LogP) is -0.0717. The van der Waals surface area contributed by atoms with E-state index in [1.165, 1.54) is 0 Å². The molecular weight excluding hydrogens is 222 g/mol. The second kappa shape index (κ2) is 5.95. The van der Waals surface area contributed by atoms with Gasteiger partial charge in [0.25, 0.3) is 0 Å². The zero-order valence-electron chi connectivity index (χ0n) is 9.90. The number of carbonyl (C=O) groups is 1. The van der Waals surface area contributed by atoms with Crippen LogP contribution in [0.5, 0.6) is 11.5 Å². The molecule has 1 amide bonds. The van der Waals surface area contributed by atoms with E-state index in [2.05, 4.69) is 5.32 Å². The third-order valence-electron chi connectivity index (χ3n) is 2.29. The normalized spacial score (nSPS) is 11.7. The van der Waals surface area contributed by atoms with E-state index < -0.39 is 11.9 Å². The Bertz CT molecular complexity index is 396. The van der Waals surface area contributed by atoms with Crippen molar-refractivity contribution in [2.75, 3.05) is 26.1 Å². The maximum atomic E-state index is 10.8. The molecule has 6 heteroatoms. The number of carbonyl (C=O) groups excluding carboxylic acids is 1. The number of anilines is 1. The molecule has 17 heavy (non-hydrogen) atoms. The van der Waals surface area contributed by atoms with Gasteiger partial charge in [0.15, 0.2) is 0 Å². The number of primary amides is 1. The van der Waals surface area contributed by atoms with Crippen LogP contribution < -0.4 is 26.3 Å². The maximum absolute atomic E-state index is 10.8. The van der Waals surface area contributed by atoms with Crippen LogP contribution in [-0.4, -0.2) is 32.7 Å². The van der Waals surface area contributed by atoms with Crippen LogP contribution in [0.1, 0.15) is 0 Å². The number of nitrogens with one attached hydrogen (secondary N) is 1. The van der Waals surface area contributed by atoms with Crippen LogP contribution in [0.4, 0.5) is 5.69 Å². The number of amides is 1. The average Bonchev–Trinajstić information content (AvgIpc) is 2.35. The lowest BCUT2D eigenvalue weighted by Crippen LogP contribution is -2.41. The van der Waals surface area contributed by atoms with Gasteiger partial charge in [-0.1, -0.05) is 0 Å². The van der Waals surface area contributed by atoms with E-state index in [0.717, 1.165) is 5.69 Å². The van der Waals surface area contributed by atoms with Gasteiger partial charge in [-0.2, -0.15) is 0 Å². The molecule has 1 rings (SSSR count). The first-order chi connectivity index (χ1) is 8.08. The van der Waals surface area contributed by atoms with Crippen molar-refractivity contribution in [1.29, 1.82) is 0 Å². The smallest absolute Gasteiger partial charge is 0.236 e. The predicted molar refractivity (Wildman–Crippen MR) is 65.2 cm³/mol. The topological polar surface area (TPSA) is 99.6 Å². The molecule has 1 unspecified atom stereocenters. The van der Waals surface area contributed by atoms with Crippen LogP contribution in [-0.2, 0) is 4.79 Å². The molecule has 94 valence electrons. The van der Waals surface area contributed by atoms with Crippen molar-refractivity contribution in [1.82, 2.24) is 0 Å². The van der Waals surface area contributed by atoms with Gasteiger partial charge < -0.3 is 26.3 Å². The van der Waals surface area contributed by atoms with Crippen molar-refractivity contribution in [2.24, 2.45) is 11.5 Å². The Hall–Kier alpha value is -1.95. The van der Waals surface area contributed by atoms with Crippen molar-refractivity contribution in [2.45, 2.75) is 6.04 Å². The molecule has 1 aromatic carbocycles. The highest BCUT2D eigenvalue weighted by Crippen LogP contribution is 2.28. The Balaban J connectivity index is 2.73. The van der Waals surface area contributed by atoms with Crippen molar-refractivity contribution >= 4 is 11.6 Å². The second-order valence-electron chi connectivity index (χ2n) is 3.46. The minimum atomic E-state index is -0.734. The molecule has 0 aromatic heterocycles. The minimum absolute atomic E-state index is 0.248. The highest BCUT2D eigenvalue weighted by molar-refractivity contribution is 5.80. The summed E-state index contributed by atoms with van der Waals surface area (Å²) < 4.78 is 10.3. The summed E-state index contributed by atoms with van der Waals surface area (Å²) in [6.07, 6.45) is 0. The zero-order valence-corrected chi connectivity index (χ0v) is 9.90. The fraction of sp³-hybridized carbons (Fsp3) is 0.364. The number of nitrogens with two attached hydrogens (primary N) is 2. The summed E-state index contributed by atoms with van der Waals surface area (Å²) in [5, 5.41) is 2.99. The van der Waals surface area contributed by atoms with E-state index >= 15 is 0 Å². The summed E-state index contributed by atoms with van der Waals surface area (Å²) in [7, 11) is 3.12. The van der Waals surface area contributed by atoms with E-state index in [1.54, 1.807) is 32.4 Å². The number of hydrogen-bond acceptors (Lipinski definition) is 5. The average molecular weight is 239 g/mol. The molecule has 0 heterocycles. The van der Waals surface area contributed by atoms with Gasteiger partial charge in [0.05, 0.1) is 19.9 Å². The lowest BCUT2D eigenvalue weighted by atomic mass is 10.2. The summed E-state index contributed by atoms with van der Waals surface area (Å²) in [6.45, 7) is 0.248. The highest BCUT2D eigenvalue weighted by Gasteiger charge is 2.10. The van der Waals surface area contributed by atoms with Gasteiger partial charge in [-0.05, 0) is 12.1 Å². The molecule has 0 radical (unpaired) electrons. The Morgan fingerprint density at radius 1 is 1.41 bits per heavy atom. The third kappa shape index (κ3) is 3.53. The van der Waals surface area contributed by atoms with Crippen LogP contribution >= 0.6 is 0 Å². The van der Waals surface area contributed by atoms with Gasteiger partial charge in [-0.25, -0.2) is 0 Å². The van der Waals surface area contributed by atoms with Crippen LogP contribution in [0.3, 0.4) is 0 Å². The molecule has 0 aliphatic heterocycles. The molecular formula is C11H17N3O3. The van der Waals surface area contributed by atoms with E-state index in [1.807, 2.05) is 0 Å². The summed E-state index contributed by atoms with van der Waals surface area (Å²) in [5.41, 5.74) is 11.3. The molecule has 0 spiro atoms. The lowest BCUT2D eigenvalue weighted by molar-refractivity contribution is -0.118. The third-order valence-corrected chi connectivity index (χ3v) is 2.29. The van der Waals surface area contributed by atoms with Crippen LogP contribution in [0.25, 0.3) is 0 Å². The monoisotopic (exact) mass is 239 g/mol. The van der Waals surface area contributed by atoms with Gasteiger partial charge in [-0.15, -0.1) is 0 Å². The zero-order chi connectivity index (χ0) is 12.8. The van der Waals surface area contributed by atoms with Crippen LogP contribution in [0.2, 0.25) is 0 Å². The fourth-order valence-corrected chi connectivity index (χ4v) is 1.27. The largest absolute Gasteiger partial charge is 0.497 e. The first-order valence-electron chi connectivity index (χ1n) is 5.09. The number of benzene rings is 1. The highest BCUT2D eigenvalue weighted by atomic mass is 16.5. The molecule has 1 aromatic rings.